The summed E-state index contributed by atoms with van der Waals surface area (Å²) < 4.78 is 0. The first-order valence-electron chi connectivity index (χ1n) is 5.74. The number of carbonyl (C=O) groups excluding carboxylic acids is 1. The van der Waals surface area contributed by atoms with Crippen LogP contribution in [0.4, 0.5) is 0 Å². The van der Waals surface area contributed by atoms with Gasteiger partial charge < -0.3 is 11.1 Å². The van der Waals surface area contributed by atoms with Crippen molar-refractivity contribution in [2.45, 2.75) is 19.8 Å². The third kappa shape index (κ3) is 4.71. The fourth-order valence-electron chi connectivity index (χ4n) is 1.46. The Morgan fingerprint density at radius 3 is 2.65 bits per heavy atom. The number of hydrogen-bond acceptors (Lipinski definition) is 2. The molecule has 0 saturated heterocycles. The first-order chi connectivity index (χ1) is 8.27. The molecule has 17 heavy (non-hydrogen) atoms. The van der Waals surface area contributed by atoms with Gasteiger partial charge in [0.25, 0.3) is 5.91 Å². The molecule has 0 bridgehead atoms. The molecule has 0 unspecified atom stereocenters. The van der Waals surface area contributed by atoms with E-state index in [1.165, 1.54) is 0 Å². The van der Waals surface area contributed by atoms with Gasteiger partial charge in [0.05, 0.1) is 0 Å². The summed E-state index contributed by atoms with van der Waals surface area (Å²) >= 11 is 0. The van der Waals surface area contributed by atoms with Gasteiger partial charge >= 0.3 is 0 Å². The Morgan fingerprint density at radius 1 is 1.35 bits per heavy atom. The van der Waals surface area contributed by atoms with E-state index in [9.17, 15) is 4.79 Å². The van der Waals surface area contributed by atoms with E-state index in [0.717, 1.165) is 12.0 Å². The quantitative estimate of drug-likeness (QED) is 0.592. The summed E-state index contributed by atoms with van der Waals surface area (Å²) in [4.78, 5) is 11.7. The van der Waals surface area contributed by atoms with Gasteiger partial charge in [-0.3, -0.25) is 4.79 Å². The van der Waals surface area contributed by atoms with E-state index < -0.39 is 0 Å². The average Bonchev–Trinajstić information content (AvgIpc) is 2.36. The third-order valence-corrected chi connectivity index (χ3v) is 2.36. The molecule has 0 fully saturated rings. The first-order valence-corrected chi connectivity index (χ1v) is 5.74. The Kier molecular flexibility index (Phi) is 5.84. The van der Waals surface area contributed by atoms with E-state index >= 15 is 0 Å². The van der Waals surface area contributed by atoms with Gasteiger partial charge in [0.15, 0.2) is 0 Å². The van der Waals surface area contributed by atoms with Crippen LogP contribution >= 0.6 is 0 Å². The van der Waals surface area contributed by atoms with E-state index in [0.29, 0.717) is 25.1 Å². The smallest absolute Gasteiger partial charge is 0.251 e. The summed E-state index contributed by atoms with van der Waals surface area (Å²) in [5.41, 5.74) is 7.29. The van der Waals surface area contributed by atoms with Gasteiger partial charge in [0.1, 0.15) is 0 Å². The number of amides is 1. The zero-order valence-electron chi connectivity index (χ0n) is 10.1. The second-order valence-corrected chi connectivity index (χ2v) is 3.67. The Bertz CT molecular complexity index is 412. The summed E-state index contributed by atoms with van der Waals surface area (Å²) in [5.74, 6) is 5.64. The number of rotatable bonds is 5. The predicted molar refractivity (Wildman–Crippen MR) is 69.6 cm³/mol. The highest BCUT2D eigenvalue weighted by Gasteiger charge is 2.03. The van der Waals surface area contributed by atoms with E-state index in [-0.39, 0.29) is 5.91 Å². The lowest BCUT2D eigenvalue weighted by molar-refractivity contribution is 0.0954. The van der Waals surface area contributed by atoms with Crippen LogP contribution in [0.3, 0.4) is 0 Å². The molecule has 90 valence electrons. The maximum absolute atomic E-state index is 11.7. The molecule has 1 aromatic carbocycles. The van der Waals surface area contributed by atoms with Gasteiger partial charge in [-0.15, -0.1) is 11.8 Å². The summed E-state index contributed by atoms with van der Waals surface area (Å²) in [6, 6.07) is 7.53. The fraction of sp³-hybridized carbons (Fsp3) is 0.357. The van der Waals surface area contributed by atoms with Gasteiger partial charge in [-0.25, -0.2) is 0 Å². The standard InChI is InChI=1S/C14H18N2O/c1-2-3-4-11-16-14(17)13-7-5-12(6-8-13)9-10-15/h5-8H,4,9-11,15H2,1H3,(H,16,17). The lowest BCUT2D eigenvalue weighted by atomic mass is 10.1. The largest absolute Gasteiger partial charge is 0.351 e. The van der Waals surface area contributed by atoms with Crippen molar-refractivity contribution in [1.82, 2.24) is 5.32 Å². The lowest BCUT2D eigenvalue weighted by Gasteiger charge is -2.04. The molecule has 0 aliphatic carbocycles. The third-order valence-electron chi connectivity index (χ3n) is 2.36. The zero-order chi connectivity index (χ0) is 12.5. The second-order valence-electron chi connectivity index (χ2n) is 3.67. The highest BCUT2D eigenvalue weighted by Crippen LogP contribution is 2.04. The van der Waals surface area contributed by atoms with E-state index in [2.05, 4.69) is 17.2 Å². The number of nitrogens with one attached hydrogen (secondary N) is 1. The summed E-state index contributed by atoms with van der Waals surface area (Å²) in [5, 5.41) is 2.82. The molecular formula is C14H18N2O. The van der Waals surface area contributed by atoms with E-state index in [1.807, 2.05) is 24.3 Å². The van der Waals surface area contributed by atoms with Crippen LogP contribution in [0.2, 0.25) is 0 Å². The molecule has 0 aliphatic rings. The van der Waals surface area contributed by atoms with Crippen LogP contribution in [0.5, 0.6) is 0 Å². The molecule has 0 aliphatic heterocycles. The molecule has 3 N–H and O–H groups in total. The number of carbonyl (C=O) groups is 1. The molecule has 3 nitrogen and oxygen atoms in total. The molecule has 1 aromatic rings. The molecule has 0 radical (unpaired) electrons. The van der Waals surface area contributed by atoms with Crippen LogP contribution in [-0.4, -0.2) is 19.0 Å². The summed E-state index contributed by atoms with van der Waals surface area (Å²) in [6.45, 7) is 3.00. The highest BCUT2D eigenvalue weighted by atomic mass is 16.1. The van der Waals surface area contributed by atoms with Crippen molar-refractivity contribution in [2.24, 2.45) is 5.73 Å². The van der Waals surface area contributed by atoms with E-state index in [4.69, 9.17) is 5.73 Å². The van der Waals surface area contributed by atoms with E-state index in [1.54, 1.807) is 6.92 Å². The molecule has 0 aromatic heterocycles. The van der Waals surface area contributed by atoms with Crippen molar-refractivity contribution < 1.29 is 4.79 Å². The van der Waals surface area contributed by atoms with Crippen molar-refractivity contribution in [1.29, 1.82) is 0 Å². The van der Waals surface area contributed by atoms with Crippen molar-refractivity contribution >= 4 is 5.91 Å². The van der Waals surface area contributed by atoms with Crippen LogP contribution in [0, 0.1) is 11.8 Å². The normalized spacial score (nSPS) is 9.29. The van der Waals surface area contributed by atoms with Crippen LogP contribution in [0.25, 0.3) is 0 Å². The monoisotopic (exact) mass is 230 g/mol. The van der Waals surface area contributed by atoms with Crippen molar-refractivity contribution in [3.63, 3.8) is 0 Å². The average molecular weight is 230 g/mol. The van der Waals surface area contributed by atoms with Crippen LogP contribution < -0.4 is 11.1 Å². The van der Waals surface area contributed by atoms with Crippen LogP contribution in [0.1, 0.15) is 29.3 Å². The molecule has 0 atom stereocenters. The fourth-order valence-corrected chi connectivity index (χ4v) is 1.46. The van der Waals surface area contributed by atoms with Gasteiger partial charge in [0.2, 0.25) is 0 Å². The Balaban J connectivity index is 2.47. The minimum Gasteiger partial charge on any atom is -0.351 e. The Labute approximate surface area is 102 Å². The summed E-state index contributed by atoms with van der Waals surface area (Å²) in [6.07, 6.45) is 1.53. The number of nitrogens with two attached hydrogens (primary N) is 1. The topological polar surface area (TPSA) is 55.1 Å². The van der Waals surface area contributed by atoms with Crippen molar-refractivity contribution in [2.75, 3.05) is 13.1 Å². The molecule has 1 amide bonds. The van der Waals surface area contributed by atoms with Gasteiger partial charge in [-0.2, -0.15) is 0 Å². The maximum atomic E-state index is 11.7. The Hall–Kier alpha value is -1.79. The lowest BCUT2D eigenvalue weighted by Crippen LogP contribution is -2.24. The molecular weight excluding hydrogens is 212 g/mol. The van der Waals surface area contributed by atoms with Crippen LogP contribution in [0.15, 0.2) is 24.3 Å². The van der Waals surface area contributed by atoms with Crippen molar-refractivity contribution in [3.8, 4) is 11.8 Å². The predicted octanol–water partition coefficient (Wildman–Crippen LogP) is 1.33. The highest BCUT2D eigenvalue weighted by molar-refractivity contribution is 5.94. The molecule has 0 spiro atoms. The minimum atomic E-state index is -0.0535. The zero-order valence-corrected chi connectivity index (χ0v) is 10.1. The first kappa shape index (κ1) is 13.3. The molecule has 0 heterocycles. The SMILES string of the molecule is CC#CCCNC(=O)c1ccc(CCN)cc1. The number of benzene rings is 1. The molecule has 1 rings (SSSR count). The summed E-state index contributed by atoms with van der Waals surface area (Å²) in [7, 11) is 0. The van der Waals surface area contributed by atoms with Crippen LogP contribution in [-0.2, 0) is 6.42 Å². The second kappa shape index (κ2) is 7.48. The molecule has 3 heteroatoms. The van der Waals surface area contributed by atoms with Gasteiger partial charge in [0, 0.05) is 18.5 Å². The van der Waals surface area contributed by atoms with Crippen molar-refractivity contribution in [3.05, 3.63) is 35.4 Å². The minimum absolute atomic E-state index is 0.0535. The number of hydrogen-bond donors (Lipinski definition) is 2. The Morgan fingerprint density at radius 2 is 2.06 bits per heavy atom. The maximum Gasteiger partial charge on any atom is 0.251 e. The molecule has 0 saturated carbocycles. The van der Waals surface area contributed by atoms with Gasteiger partial charge in [-0.1, -0.05) is 12.1 Å². The van der Waals surface area contributed by atoms with Gasteiger partial charge in [-0.05, 0) is 37.6 Å².